The summed E-state index contributed by atoms with van der Waals surface area (Å²) >= 11 is 0. The molecule has 1 aromatic rings. The first-order valence-corrected chi connectivity index (χ1v) is 7.77. The van der Waals surface area contributed by atoms with Crippen molar-refractivity contribution in [2.45, 2.75) is 39.7 Å². The van der Waals surface area contributed by atoms with E-state index in [-0.39, 0.29) is 0 Å². The number of nitrogens with zero attached hydrogens (tertiary/aromatic N) is 1. The van der Waals surface area contributed by atoms with E-state index in [9.17, 15) is 0 Å². The van der Waals surface area contributed by atoms with E-state index >= 15 is 0 Å². The predicted octanol–water partition coefficient (Wildman–Crippen LogP) is 3.52. The molecule has 1 saturated heterocycles. The van der Waals surface area contributed by atoms with Gasteiger partial charge in [0.25, 0.3) is 0 Å². The number of hydrogen-bond donors (Lipinski definition) is 1. The van der Waals surface area contributed by atoms with Gasteiger partial charge in [-0.3, -0.25) is 4.90 Å². The molecule has 2 rings (SSSR count). The maximum absolute atomic E-state index is 3.90. The normalized spacial score (nSPS) is 17.9. The second kappa shape index (κ2) is 7.05. The molecule has 0 radical (unpaired) electrons. The molecule has 0 spiro atoms. The molecule has 2 nitrogen and oxygen atoms in total. The van der Waals surface area contributed by atoms with Gasteiger partial charge in [0.1, 0.15) is 0 Å². The zero-order valence-corrected chi connectivity index (χ0v) is 13.2. The van der Waals surface area contributed by atoms with Gasteiger partial charge in [-0.2, -0.15) is 0 Å². The summed E-state index contributed by atoms with van der Waals surface area (Å²) < 4.78 is 0. The van der Waals surface area contributed by atoms with E-state index in [1.54, 1.807) is 5.56 Å². The van der Waals surface area contributed by atoms with Crippen molar-refractivity contribution in [2.75, 3.05) is 26.2 Å². The van der Waals surface area contributed by atoms with Crippen LogP contribution in [0.3, 0.4) is 0 Å². The third-order valence-electron chi connectivity index (χ3n) is 4.31. The van der Waals surface area contributed by atoms with Gasteiger partial charge in [0.2, 0.25) is 0 Å². The van der Waals surface area contributed by atoms with Gasteiger partial charge in [-0.1, -0.05) is 23.8 Å². The van der Waals surface area contributed by atoms with Gasteiger partial charge in [0.15, 0.2) is 0 Å². The number of hydrogen-bond acceptors (Lipinski definition) is 2. The van der Waals surface area contributed by atoms with Crippen LogP contribution in [0.5, 0.6) is 0 Å². The number of nitrogens with one attached hydrogen (secondary N) is 1. The fraction of sp³-hybridized carbons (Fsp3) is 0.556. The molecular formula is C18H28N2. The second-order valence-electron chi connectivity index (χ2n) is 5.98. The Hall–Kier alpha value is -1.12. The quantitative estimate of drug-likeness (QED) is 0.825. The van der Waals surface area contributed by atoms with Gasteiger partial charge in [0, 0.05) is 32.2 Å². The van der Waals surface area contributed by atoms with Crippen molar-refractivity contribution in [1.82, 2.24) is 10.2 Å². The van der Waals surface area contributed by atoms with E-state index < -0.39 is 0 Å². The number of benzene rings is 1. The Labute approximate surface area is 123 Å². The summed E-state index contributed by atoms with van der Waals surface area (Å²) in [4.78, 5) is 2.64. The van der Waals surface area contributed by atoms with E-state index in [0.717, 1.165) is 32.6 Å². The lowest BCUT2D eigenvalue weighted by Crippen LogP contribution is -2.45. The predicted molar refractivity (Wildman–Crippen MR) is 87.3 cm³/mol. The van der Waals surface area contributed by atoms with E-state index in [4.69, 9.17) is 0 Å². The Morgan fingerprint density at radius 1 is 1.20 bits per heavy atom. The molecular weight excluding hydrogens is 244 g/mol. The smallest absolute Gasteiger partial charge is 0.0357 e. The number of piperazine rings is 1. The van der Waals surface area contributed by atoms with Crippen LogP contribution in [0, 0.1) is 20.8 Å². The van der Waals surface area contributed by atoms with Crippen molar-refractivity contribution in [1.29, 1.82) is 0 Å². The highest BCUT2D eigenvalue weighted by Crippen LogP contribution is 2.32. The topological polar surface area (TPSA) is 15.3 Å². The minimum absolute atomic E-state index is 0.538. The summed E-state index contributed by atoms with van der Waals surface area (Å²) in [6, 6.07) is 5.19. The zero-order valence-electron chi connectivity index (χ0n) is 13.2. The lowest BCUT2D eigenvalue weighted by molar-refractivity contribution is 0.165. The molecule has 1 aromatic carbocycles. The molecule has 0 aromatic heterocycles. The van der Waals surface area contributed by atoms with Crippen molar-refractivity contribution < 1.29 is 0 Å². The first-order chi connectivity index (χ1) is 9.63. The lowest BCUT2D eigenvalue weighted by Gasteiger charge is -2.37. The molecule has 20 heavy (non-hydrogen) atoms. The molecule has 0 amide bonds. The Kier molecular flexibility index (Phi) is 5.38. The van der Waals surface area contributed by atoms with Gasteiger partial charge >= 0.3 is 0 Å². The molecule has 0 aliphatic carbocycles. The molecule has 110 valence electrons. The minimum Gasteiger partial charge on any atom is -0.314 e. The van der Waals surface area contributed by atoms with Crippen molar-refractivity contribution >= 4 is 0 Å². The number of rotatable bonds is 5. The first kappa shape index (κ1) is 15.3. The molecule has 1 heterocycles. The third-order valence-corrected chi connectivity index (χ3v) is 4.31. The highest BCUT2D eigenvalue weighted by Gasteiger charge is 2.24. The van der Waals surface area contributed by atoms with Crippen LogP contribution in [0.25, 0.3) is 0 Å². The fourth-order valence-corrected chi connectivity index (χ4v) is 3.50. The van der Waals surface area contributed by atoms with Gasteiger partial charge in [-0.25, -0.2) is 0 Å². The summed E-state index contributed by atoms with van der Waals surface area (Å²) in [6.45, 7) is 15.1. The van der Waals surface area contributed by atoms with E-state index in [2.05, 4.69) is 49.7 Å². The SMILES string of the molecule is C=CCC[C@H](c1c(C)cc(C)cc1C)N1CCNCC1. The van der Waals surface area contributed by atoms with Gasteiger partial charge in [0.05, 0.1) is 0 Å². The summed E-state index contributed by atoms with van der Waals surface area (Å²) in [6.07, 6.45) is 4.31. The molecule has 1 aliphatic rings. The van der Waals surface area contributed by atoms with Crippen LogP contribution in [0.15, 0.2) is 24.8 Å². The van der Waals surface area contributed by atoms with Crippen LogP contribution in [0.1, 0.15) is 41.1 Å². The lowest BCUT2D eigenvalue weighted by atomic mass is 9.90. The number of aryl methyl sites for hydroxylation is 3. The molecule has 1 fully saturated rings. The van der Waals surface area contributed by atoms with Crippen LogP contribution in [0.2, 0.25) is 0 Å². The van der Waals surface area contributed by atoms with Crippen molar-refractivity contribution in [3.8, 4) is 0 Å². The molecule has 0 unspecified atom stereocenters. The van der Waals surface area contributed by atoms with Crippen molar-refractivity contribution in [3.05, 3.63) is 47.0 Å². The van der Waals surface area contributed by atoms with Gasteiger partial charge in [-0.05, 0) is 50.3 Å². The highest BCUT2D eigenvalue weighted by molar-refractivity contribution is 5.39. The Balaban J connectivity index is 2.32. The van der Waals surface area contributed by atoms with Crippen molar-refractivity contribution in [3.63, 3.8) is 0 Å². The fourth-order valence-electron chi connectivity index (χ4n) is 3.50. The highest BCUT2D eigenvalue weighted by atomic mass is 15.2. The molecule has 0 bridgehead atoms. The summed E-state index contributed by atoms with van der Waals surface area (Å²) in [5, 5.41) is 3.45. The van der Waals surface area contributed by atoms with E-state index in [1.807, 2.05) is 6.08 Å². The van der Waals surface area contributed by atoms with Crippen LogP contribution < -0.4 is 5.32 Å². The van der Waals surface area contributed by atoms with Crippen LogP contribution in [-0.4, -0.2) is 31.1 Å². The molecule has 1 N–H and O–H groups in total. The van der Waals surface area contributed by atoms with Crippen LogP contribution >= 0.6 is 0 Å². The average molecular weight is 272 g/mol. The molecule has 1 aliphatic heterocycles. The Morgan fingerprint density at radius 2 is 1.80 bits per heavy atom. The van der Waals surface area contributed by atoms with Crippen molar-refractivity contribution in [2.24, 2.45) is 0 Å². The molecule has 0 saturated carbocycles. The third kappa shape index (κ3) is 3.50. The van der Waals surface area contributed by atoms with Crippen LogP contribution in [0.4, 0.5) is 0 Å². The van der Waals surface area contributed by atoms with Crippen LogP contribution in [-0.2, 0) is 0 Å². The average Bonchev–Trinajstić information content (AvgIpc) is 2.42. The zero-order chi connectivity index (χ0) is 14.5. The number of allylic oxidation sites excluding steroid dienone is 1. The summed E-state index contributed by atoms with van der Waals surface area (Å²) in [5.41, 5.74) is 5.79. The minimum atomic E-state index is 0.538. The maximum Gasteiger partial charge on any atom is 0.0357 e. The van der Waals surface area contributed by atoms with Gasteiger partial charge < -0.3 is 5.32 Å². The maximum atomic E-state index is 3.90. The monoisotopic (exact) mass is 272 g/mol. The van der Waals surface area contributed by atoms with E-state index in [1.165, 1.54) is 23.1 Å². The molecule has 2 heteroatoms. The Morgan fingerprint density at radius 3 is 2.35 bits per heavy atom. The summed E-state index contributed by atoms with van der Waals surface area (Å²) in [5.74, 6) is 0. The first-order valence-electron chi connectivity index (χ1n) is 7.77. The largest absolute Gasteiger partial charge is 0.314 e. The van der Waals surface area contributed by atoms with E-state index in [0.29, 0.717) is 6.04 Å². The Bertz CT molecular complexity index is 435. The van der Waals surface area contributed by atoms with Gasteiger partial charge in [-0.15, -0.1) is 6.58 Å². The second-order valence-corrected chi connectivity index (χ2v) is 5.98. The summed E-state index contributed by atoms with van der Waals surface area (Å²) in [7, 11) is 0. The standard InChI is InChI=1S/C18H28N2/c1-5-6-7-17(20-10-8-19-9-11-20)18-15(3)12-14(2)13-16(18)4/h5,12-13,17,19H,1,6-11H2,2-4H3/t17-/m1/s1. The molecule has 1 atom stereocenters.